The molecule has 130 valence electrons. The highest BCUT2D eigenvalue weighted by molar-refractivity contribution is 7.18. The van der Waals surface area contributed by atoms with Crippen molar-refractivity contribution in [2.24, 2.45) is 4.99 Å². The summed E-state index contributed by atoms with van der Waals surface area (Å²) in [5, 5.41) is 1.01. The van der Waals surface area contributed by atoms with Crippen LogP contribution in [0.3, 0.4) is 0 Å². The van der Waals surface area contributed by atoms with Gasteiger partial charge in [-0.3, -0.25) is 4.99 Å². The van der Waals surface area contributed by atoms with Crippen LogP contribution in [0.4, 0.5) is 0 Å². The van der Waals surface area contributed by atoms with Crippen molar-refractivity contribution in [2.75, 3.05) is 27.2 Å². The lowest BCUT2D eigenvalue weighted by Gasteiger charge is -2.10. The number of aromatic nitrogens is 2. The number of nitrogens with zero attached hydrogens (tertiary/aromatic N) is 4. The zero-order valence-corrected chi connectivity index (χ0v) is 15.6. The number of ether oxygens (including phenoxy) is 1. The number of fused-ring (bicyclic) bond motifs is 1. The molecule has 0 radical (unpaired) electrons. The molecule has 0 spiro atoms. The van der Waals surface area contributed by atoms with Gasteiger partial charge in [-0.05, 0) is 39.2 Å². The summed E-state index contributed by atoms with van der Waals surface area (Å²) >= 11 is 1.68. The van der Waals surface area contributed by atoms with Crippen LogP contribution in [0, 0.1) is 0 Å². The molecule has 2 heterocycles. The van der Waals surface area contributed by atoms with E-state index in [1.165, 1.54) is 4.70 Å². The van der Waals surface area contributed by atoms with E-state index in [-0.39, 0.29) is 0 Å². The number of benzene rings is 1. The largest absolute Gasteiger partial charge is 0.476 e. The van der Waals surface area contributed by atoms with Crippen LogP contribution in [-0.4, -0.2) is 47.8 Å². The molecule has 0 fully saturated rings. The highest BCUT2D eigenvalue weighted by atomic mass is 32.1. The van der Waals surface area contributed by atoms with Crippen molar-refractivity contribution in [3.63, 3.8) is 0 Å². The minimum Gasteiger partial charge on any atom is -0.476 e. The summed E-state index contributed by atoms with van der Waals surface area (Å²) in [7, 11) is 4.04. The first-order valence-corrected chi connectivity index (χ1v) is 9.04. The number of thiazole rings is 1. The predicted molar refractivity (Wildman–Crippen MR) is 104 cm³/mol. The van der Waals surface area contributed by atoms with Crippen molar-refractivity contribution in [3.05, 3.63) is 53.2 Å². The molecule has 1 aromatic carbocycles. The first-order valence-electron chi connectivity index (χ1n) is 8.22. The number of aliphatic imine (C=N–C) groups is 1. The summed E-state index contributed by atoms with van der Waals surface area (Å²) < 4.78 is 6.89. The molecule has 0 saturated heterocycles. The lowest BCUT2D eigenvalue weighted by atomic mass is 10.2. The van der Waals surface area contributed by atoms with Gasteiger partial charge in [-0.15, -0.1) is 11.3 Å². The normalized spacial score (nSPS) is 12.1. The fourth-order valence-corrected chi connectivity index (χ4v) is 3.18. The molecule has 0 saturated carbocycles. The molecular formula is C19H22N4OS. The molecule has 2 aromatic heterocycles. The Labute approximate surface area is 152 Å². The minimum absolute atomic E-state index is 0.568. The van der Waals surface area contributed by atoms with E-state index in [2.05, 4.69) is 25.9 Å². The van der Waals surface area contributed by atoms with Gasteiger partial charge in [-0.25, -0.2) is 9.97 Å². The van der Waals surface area contributed by atoms with Crippen LogP contribution in [0.1, 0.15) is 17.6 Å². The second-order valence-corrected chi connectivity index (χ2v) is 7.10. The SMILES string of the molecule is CC(=NCc1nc2ccccc2s1)c1cccc(OCCN(C)C)n1. The van der Waals surface area contributed by atoms with E-state index in [0.29, 0.717) is 19.0 Å². The number of para-hydroxylation sites is 1. The van der Waals surface area contributed by atoms with Gasteiger partial charge in [0.25, 0.3) is 0 Å². The summed E-state index contributed by atoms with van der Waals surface area (Å²) in [5.41, 5.74) is 2.76. The maximum absolute atomic E-state index is 5.69. The van der Waals surface area contributed by atoms with Crippen LogP contribution in [-0.2, 0) is 6.54 Å². The first-order chi connectivity index (χ1) is 12.1. The van der Waals surface area contributed by atoms with Crippen LogP contribution in [0.25, 0.3) is 10.2 Å². The van der Waals surface area contributed by atoms with Crippen molar-refractivity contribution < 1.29 is 4.74 Å². The van der Waals surface area contributed by atoms with E-state index in [4.69, 9.17) is 4.74 Å². The quantitative estimate of drug-likeness (QED) is 0.608. The van der Waals surface area contributed by atoms with Crippen LogP contribution < -0.4 is 4.74 Å². The van der Waals surface area contributed by atoms with E-state index in [1.807, 2.05) is 57.4 Å². The predicted octanol–water partition coefficient (Wildman–Crippen LogP) is 3.64. The van der Waals surface area contributed by atoms with Gasteiger partial charge in [0.15, 0.2) is 0 Å². The minimum atomic E-state index is 0.568. The molecule has 0 aliphatic heterocycles. The Balaban J connectivity index is 1.67. The number of likely N-dealkylation sites (N-methyl/N-ethyl adjacent to an activating group) is 1. The van der Waals surface area contributed by atoms with E-state index in [1.54, 1.807) is 11.3 Å². The Morgan fingerprint density at radius 1 is 1.12 bits per heavy atom. The van der Waals surface area contributed by atoms with Crippen LogP contribution in [0.2, 0.25) is 0 Å². The van der Waals surface area contributed by atoms with E-state index in [0.717, 1.165) is 28.5 Å². The summed E-state index contributed by atoms with van der Waals surface area (Å²) in [6.45, 7) is 4.01. The molecule has 0 bridgehead atoms. The van der Waals surface area contributed by atoms with Gasteiger partial charge in [0.1, 0.15) is 11.6 Å². The fraction of sp³-hybridized carbons (Fsp3) is 0.316. The summed E-state index contributed by atoms with van der Waals surface area (Å²) in [5.74, 6) is 0.633. The van der Waals surface area contributed by atoms with E-state index < -0.39 is 0 Å². The maximum Gasteiger partial charge on any atom is 0.213 e. The van der Waals surface area contributed by atoms with Gasteiger partial charge in [0.05, 0.1) is 28.2 Å². The summed E-state index contributed by atoms with van der Waals surface area (Å²) in [4.78, 5) is 15.9. The van der Waals surface area contributed by atoms with Crippen molar-refractivity contribution in [2.45, 2.75) is 13.5 Å². The van der Waals surface area contributed by atoms with Crippen molar-refractivity contribution >= 4 is 27.3 Å². The standard InChI is InChI=1S/C19H22N4OS/c1-14(15-8-6-10-18(21-15)24-12-11-23(2)3)20-13-19-22-16-7-4-5-9-17(16)25-19/h4-10H,11-13H2,1-3H3. The summed E-state index contributed by atoms with van der Waals surface area (Å²) in [6, 6.07) is 13.9. The second kappa shape index (κ2) is 8.18. The van der Waals surface area contributed by atoms with Gasteiger partial charge in [-0.2, -0.15) is 0 Å². The average Bonchev–Trinajstić information content (AvgIpc) is 3.02. The molecule has 0 N–H and O–H groups in total. The van der Waals surface area contributed by atoms with Crippen LogP contribution in [0.5, 0.6) is 5.88 Å². The molecule has 6 heteroatoms. The fourth-order valence-electron chi connectivity index (χ4n) is 2.28. The highest BCUT2D eigenvalue weighted by Gasteiger charge is 2.05. The Hall–Kier alpha value is -2.31. The number of pyridine rings is 1. The molecule has 25 heavy (non-hydrogen) atoms. The third-order valence-electron chi connectivity index (χ3n) is 3.67. The molecule has 3 aromatic rings. The Bertz CT molecular complexity index is 839. The smallest absolute Gasteiger partial charge is 0.213 e. The lowest BCUT2D eigenvalue weighted by molar-refractivity contribution is 0.254. The highest BCUT2D eigenvalue weighted by Crippen LogP contribution is 2.22. The molecule has 0 aliphatic rings. The average molecular weight is 354 g/mol. The Morgan fingerprint density at radius 2 is 1.96 bits per heavy atom. The van der Waals surface area contributed by atoms with Crippen LogP contribution in [0.15, 0.2) is 47.5 Å². The molecule has 0 atom stereocenters. The molecule has 0 aliphatic carbocycles. The van der Waals surface area contributed by atoms with Gasteiger partial charge in [-0.1, -0.05) is 18.2 Å². The number of rotatable bonds is 7. The number of hydrogen-bond donors (Lipinski definition) is 0. The third kappa shape index (κ3) is 4.84. The third-order valence-corrected chi connectivity index (χ3v) is 4.69. The van der Waals surface area contributed by atoms with Crippen molar-refractivity contribution in [1.82, 2.24) is 14.9 Å². The van der Waals surface area contributed by atoms with Gasteiger partial charge in [0.2, 0.25) is 5.88 Å². The first kappa shape index (κ1) is 17.5. The molecule has 0 amide bonds. The topological polar surface area (TPSA) is 50.6 Å². The second-order valence-electron chi connectivity index (χ2n) is 5.99. The van der Waals surface area contributed by atoms with Crippen LogP contribution >= 0.6 is 11.3 Å². The molecule has 0 unspecified atom stereocenters. The maximum atomic E-state index is 5.69. The van der Waals surface area contributed by atoms with Gasteiger partial charge >= 0.3 is 0 Å². The van der Waals surface area contributed by atoms with Crippen molar-refractivity contribution in [1.29, 1.82) is 0 Å². The summed E-state index contributed by atoms with van der Waals surface area (Å²) in [6.07, 6.45) is 0. The van der Waals surface area contributed by atoms with E-state index >= 15 is 0 Å². The van der Waals surface area contributed by atoms with Gasteiger partial charge in [0, 0.05) is 12.6 Å². The van der Waals surface area contributed by atoms with E-state index in [9.17, 15) is 0 Å². The molecule has 3 rings (SSSR count). The van der Waals surface area contributed by atoms with Gasteiger partial charge < -0.3 is 9.64 Å². The Kier molecular flexibility index (Phi) is 5.73. The zero-order chi connectivity index (χ0) is 17.6. The monoisotopic (exact) mass is 354 g/mol. The zero-order valence-electron chi connectivity index (χ0n) is 14.8. The molecule has 5 nitrogen and oxygen atoms in total. The lowest BCUT2D eigenvalue weighted by Crippen LogP contribution is -2.19. The molecular weight excluding hydrogens is 332 g/mol. The Morgan fingerprint density at radius 3 is 2.76 bits per heavy atom. The van der Waals surface area contributed by atoms with Crippen molar-refractivity contribution in [3.8, 4) is 5.88 Å². The number of hydrogen-bond acceptors (Lipinski definition) is 6.